The van der Waals surface area contributed by atoms with Crippen LogP contribution in [-0.2, 0) is 0 Å². The molecule has 0 aliphatic carbocycles. The monoisotopic (exact) mass is 156 g/mol. The molecule has 2 nitrogen and oxygen atoms in total. The van der Waals surface area contributed by atoms with E-state index in [0.29, 0.717) is 11.5 Å². The summed E-state index contributed by atoms with van der Waals surface area (Å²) in [6.45, 7) is 11.4. The van der Waals surface area contributed by atoms with E-state index in [0.717, 1.165) is 13.1 Å². The Morgan fingerprint density at radius 2 is 2.09 bits per heavy atom. The highest BCUT2D eigenvalue weighted by molar-refractivity contribution is 4.85. The lowest BCUT2D eigenvalue weighted by atomic mass is 9.85. The second-order valence-corrected chi connectivity index (χ2v) is 4.36. The summed E-state index contributed by atoms with van der Waals surface area (Å²) in [4.78, 5) is 0. The van der Waals surface area contributed by atoms with Crippen molar-refractivity contribution in [2.24, 2.45) is 5.41 Å². The van der Waals surface area contributed by atoms with Gasteiger partial charge in [0.15, 0.2) is 0 Å². The van der Waals surface area contributed by atoms with Crippen LogP contribution >= 0.6 is 0 Å². The fourth-order valence-corrected chi connectivity index (χ4v) is 1.84. The van der Waals surface area contributed by atoms with Gasteiger partial charge in [-0.05, 0) is 11.8 Å². The van der Waals surface area contributed by atoms with Crippen LogP contribution in [0.25, 0.3) is 0 Å². The average molecular weight is 156 g/mol. The number of hydrogen-bond acceptors (Lipinski definition) is 2. The molecule has 1 aliphatic rings. The summed E-state index contributed by atoms with van der Waals surface area (Å²) in [5.41, 5.74) is 3.81. The molecule has 66 valence electrons. The van der Waals surface area contributed by atoms with Crippen LogP contribution < -0.4 is 5.43 Å². The molecule has 1 fully saturated rings. The third-order valence-corrected chi connectivity index (χ3v) is 2.45. The largest absolute Gasteiger partial charge is 0.255 e. The highest BCUT2D eigenvalue weighted by atomic mass is 15.5. The van der Waals surface area contributed by atoms with Crippen molar-refractivity contribution in [1.29, 1.82) is 0 Å². The van der Waals surface area contributed by atoms with Crippen molar-refractivity contribution in [2.45, 2.75) is 40.2 Å². The van der Waals surface area contributed by atoms with E-state index in [9.17, 15) is 0 Å². The van der Waals surface area contributed by atoms with Gasteiger partial charge in [0.05, 0.1) is 0 Å². The van der Waals surface area contributed by atoms with E-state index in [4.69, 9.17) is 0 Å². The highest BCUT2D eigenvalue weighted by Gasteiger charge is 2.32. The van der Waals surface area contributed by atoms with Crippen LogP contribution in [0.5, 0.6) is 0 Å². The Balaban J connectivity index is 2.57. The fourth-order valence-electron chi connectivity index (χ4n) is 1.84. The molecule has 0 amide bonds. The molecule has 1 aliphatic heterocycles. The van der Waals surface area contributed by atoms with E-state index in [-0.39, 0.29) is 0 Å². The van der Waals surface area contributed by atoms with E-state index in [2.05, 4.69) is 38.1 Å². The van der Waals surface area contributed by atoms with E-state index in [1.165, 1.54) is 6.42 Å². The third-order valence-electron chi connectivity index (χ3n) is 2.45. The normalized spacial score (nSPS) is 27.8. The molecule has 0 aromatic rings. The van der Waals surface area contributed by atoms with E-state index in [1.54, 1.807) is 0 Å². The molecule has 0 aromatic heterocycles. The zero-order valence-electron chi connectivity index (χ0n) is 8.15. The van der Waals surface area contributed by atoms with Crippen LogP contribution in [0.1, 0.15) is 34.1 Å². The first kappa shape index (κ1) is 9.01. The Labute approximate surface area is 69.9 Å². The summed E-state index contributed by atoms with van der Waals surface area (Å²) in [6.07, 6.45) is 1.29. The Hall–Kier alpha value is -0.0800. The molecule has 11 heavy (non-hydrogen) atoms. The zero-order valence-corrected chi connectivity index (χ0v) is 8.15. The van der Waals surface area contributed by atoms with Crippen molar-refractivity contribution >= 4 is 0 Å². The topological polar surface area (TPSA) is 15.3 Å². The highest BCUT2D eigenvalue weighted by Crippen LogP contribution is 2.28. The number of nitrogens with zero attached hydrogens (tertiary/aromatic N) is 1. The molecular weight excluding hydrogens is 136 g/mol. The quantitative estimate of drug-likeness (QED) is 0.621. The molecule has 1 unspecified atom stereocenters. The number of nitrogens with one attached hydrogen (secondary N) is 1. The van der Waals surface area contributed by atoms with Gasteiger partial charge in [-0.25, -0.2) is 5.01 Å². The van der Waals surface area contributed by atoms with Gasteiger partial charge in [0.25, 0.3) is 0 Å². The Morgan fingerprint density at radius 1 is 1.45 bits per heavy atom. The maximum atomic E-state index is 3.40. The van der Waals surface area contributed by atoms with E-state index in [1.807, 2.05) is 0 Å². The second kappa shape index (κ2) is 3.11. The van der Waals surface area contributed by atoms with Crippen molar-refractivity contribution in [2.75, 3.05) is 13.1 Å². The van der Waals surface area contributed by atoms with Crippen molar-refractivity contribution in [3.63, 3.8) is 0 Å². The fraction of sp³-hybridized carbons (Fsp3) is 1.00. The SMILES string of the molecule is CCN1NCCC1C(C)(C)C. The summed E-state index contributed by atoms with van der Waals surface area (Å²) < 4.78 is 0. The third kappa shape index (κ3) is 1.94. The summed E-state index contributed by atoms with van der Waals surface area (Å²) >= 11 is 0. The molecule has 0 aromatic carbocycles. The molecule has 0 radical (unpaired) electrons. The molecule has 1 rings (SSSR count). The van der Waals surface area contributed by atoms with Crippen LogP contribution in [0.4, 0.5) is 0 Å². The van der Waals surface area contributed by atoms with Gasteiger partial charge in [0.1, 0.15) is 0 Å². The van der Waals surface area contributed by atoms with Gasteiger partial charge in [0.2, 0.25) is 0 Å². The van der Waals surface area contributed by atoms with E-state index < -0.39 is 0 Å². The average Bonchev–Trinajstić information content (AvgIpc) is 2.31. The number of hydrogen-bond donors (Lipinski definition) is 1. The van der Waals surface area contributed by atoms with Crippen LogP contribution in [-0.4, -0.2) is 24.1 Å². The molecule has 1 atom stereocenters. The lowest BCUT2D eigenvalue weighted by molar-refractivity contribution is 0.108. The van der Waals surface area contributed by atoms with Gasteiger partial charge >= 0.3 is 0 Å². The molecule has 1 N–H and O–H groups in total. The zero-order chi connectivity index (χ0) is 8.48. The molecule has 1 heterocycles. The lowest BCUT2D eigenvalue weighted by Gasteiger charge is -2.33. The maximum Gasteiger partial charge on any atom is 0.0304 e. The maximum absolute atomic E-state index is 3.40. The first-order chi connectivity index (χ1) is 5.05. The first-order valence-corrected chi connectivity index (χ1v) is 4.56. The van der Waals surface area contributed by atoms with Crippen molar-refractivity contribution in [3.8, 4) is 0 Å². The molecule has 0 spiro atoms. The van der Waals surface area contributed by atoms with Gasteiger partial charge in [-0.2, -0.15) is 0 Å². The molecule has 0 saturated carbocycles. The predicted molar refractivity (Wildman–Crippen MR) is 48.2 cm³/mol. The minimum Gasteiger partial charge on any atom is -0.255 e. The minimum absolute atomic E-state index is 0.416. The number of hydrazine groups is 1. The van der Waals surface area contributed by atoms with Crippen molar-refractivity contribution < 1.29 is 0 Å². The van der Waals surface area contributed by atoms with Gasteiger partial charge in [0, 0.05) is 19.1 Å². The van der Waals surface area contributed by atoms with E-state index >= 15 is 0 Å². The lowest BCUT2D eigenvalue weighted by Crippen LogP contribution is -2.43. The first-order valence-electron chi connectivity index (χ1n) is 4.56. The molecule has 1 saturated heterocycles. The van der Waals surface area contributed by atoms with Gasteiger partial charge in [-0.15, -0.1) is 0 Å². The number of rotatable bonds is 1. The minimum atomic E-state index is 0.416. The Morgan fingerprint density at radius 3 is 2.45 bits per heavy atom. The van der Waals surface area contributed by atoms with Crippen molar-refractivity contribution in [1.82, 2.24) is 10.4 Å². The van der Waals surface area contributed by atoms with Crippen LogP contribution in [0.2, 0.25) is 0 Å². The summed E-state index contributed by atoms with van der Waals surface area (Å²) in [7, 11) is 0. The van der Waals surface area contributed by atoms with Crippen LogP contribution in [0.3, 0.4) is 0 Å². The van der Waals surface area contributed by atoms with Gasteiger partial charge in [-0.1, -0.05) is 27.7 Å². The standard InChI is InChI=1S/C9H20N2/c1-5-11-8(6-7-10-11)9(2,3)4/h8,10H,5-7H2,1-4H3. The second-order valence-electron chi connectivity index (χ2n) is 4.36. The van der Waals surface area contributed by atoms with Gasteiger partial charge in [-0.3, -0.25) is 5.43 Å². The molecule has 0 bridgehead atoms. The molecule has 2 heteroatoms. The molecular formula is C9H20N2. The Bertz CT molecular complexity index is 126. The van der Waals surface area contributed by atoms with Crippen LogP contribution in [0.15, 0.2) is 0 Å². The summed E-state index contributed by atoms with van der Waals surface area (Å²) in [5, 5.41) is 2.36. The smallest absolute Gasteiger partial charge is 0.0304 e. The van der Waals surface area contributed by atoms with Crippen molar-refractivity contribution in [3.05, 3.63) is 0 Å². The predicted octanol–water partition coefficient (Wildman–Crippen LogP) is 1.63. The van der Waals surface area contributed by atoms with Crippen LogP contribution in [0, 0.1) is 5.41 Å². The summed E-state index contributed by atoms with van der Waals surface area (Å²) in [6, 6.07) is 0.715. The summed E-state index contributed by atoms with van der Waals surface area (Å²) in [5.74, 6) is 0. The van der Waals surface area contributed by atoms with Gasteiger partial charge < -0.3 is 0 Å². The Kier molecular flexibility index (Phi) is 2.55.